The molecule has 0 fully saturated rings. The minimum atomic E-state index is -1.02. The Balaban J connectivity index is 5.25. The molecule has 0 rings (SSSR count). The number of rotatable bonds is 7. The van der Waals surface area contributed by atoms with Crippen LogP contribution in [-0.4, -0.2) is 29.3 Å². The van der Waals surface area contributed by atoms with Gasteiger partial charge in [0.25, 0.3) is 0 Å². The maximum atomic E-state index is 10.9. The van der Waals surface area contributed by atoms with Crippen molar-refractivity contribution in [3.63, 3.8) is 0 Å². The predicted molar refractivity (Wildman–Crippen MR) is 72.8 cm³/mol. The third-order valence-corrected chi connectivity index (χ3v) is 2.20. The number of ether oxygens (including phenoxy) is 1. The van der Waals surface area contributed by atoms with Crippen LogP contribution in [-0.2, 0) is 9.53 Å². The largest absolute Gasteiger partial charge is 0.479 e. The number of allylic oxidation sites excluding steroid dienone is 1. The van der Waals surface area contributed by atoms with Crippen LogP contribution in [0.2, 0.25) is 0 Å². The second-order valence-corrected chi connectivity index (χ2v) is 3.64. The zero-order valence-corrected chi connectivity index (χ0v) is 11.6. The number of alkyl halides is 1. The standard InChI is InChI=1S/C13H18ClNO3/c1-4-7-10(5-2)12(15-9-8-14)18-11(6-3)13(16)17/h9,11H,5-6,8H2,1-3H3,(H,16,17)/b12-10+,15-9-. The Labute approximate surface area is 113 Å². The monoisotopic (exact) mass is 271 g/mol. The minimum Gasteiger partial charge on any atom is -0.479 e. The van der Waals surface area contributed by atoms with Gasteiger partial charge < -0.3 is 9.84 Å². The van der Waals surface area contributed by atoms with E-state index in [4.69, 9.17) is 21.4 Å². The number of hydrogen-bond acceptors (Lipinski definition) is 3. The second-order valence-electron chi connectivity index (χ2n) is 3.33. The highest BCUT2D eigenvalue weighted by molar-refractivity contribution is 6.24. The number of carboxylic acids is 1. The van der Waals surface area contributed by atoms with Crippen LogP contribution in [0.5, 0.6) is 0 Å². The van der Waals surface area contributed by atoms with Crippen LogP contribution in [0.15, 0.2) is 16.4 Å². The lowest BCUT2D eigenvalue weighted by Gasteiger charge is -2.14. The molecule has 0 aliphatic heterocycles. The first-order valence-electron chi connectivity index (χ1n) is 5.74. The fourth-order valence-corrected chi connectivity index (χ4v) is 1.25. The summed E-state index contributed by atoms with van der Waals surface area (Å²) in [7, 11) is 0. The van der Waals surface area contributed by atoms with E-state index in [0.717, 1.165) is 0 Å². The van der Waals surface area contributed by atoms with Crippen LogP contribution >= 0.6 is 11.6 Å². The molecule has 0 aromatic rings. The quantitative estimate of drug-likeness (QED) is 0.335. The number of aliphatic carboxylic acids is 1. The Kier molecular flexibility index (Phi) is 8.77. The van der Waals surface area contributed by atoms with Crippen LogP contribution in [0.25, 0.3) is 0 Å². The molecule has 18 heavy (non-hydrogen) atoms. The SMILES string of the molecule is CC#C/C(CC)=C(\N=C/CCl)OC(CC)C(=O)O. The van der Waals surface area contributed by atoms with E-state index in [1.54, 1.807) is 13.8 Å². The number of halogens is 1. The zero-order chi connectivity index (χ0) is 14.0. The molecular weight excluding hydrogens is 254 g/mol. The summed E-state index contributed by atoms with van der Waals surface area (Å²) in [6.45, 7) is 5.34. The van der Waals surface area contributed by atoms with Crippen LogP contribution < -0.4 is 0 Å². The molecule has 0 aromatic heterocycles. The molecule has 0 bridgehead atoms. The van der Waals surface area contributed by atoms with Crippen molar-refractivity contribution in [2.45, 2.75) is 39.7 Å². The summed E-state index contributed by atoms with van der Waals surface area (Å²) in [5.74, 6) is 5.07. The second kappa shape index (κ2) is 9.55. The summed E-state index contributed by atoms with van der Waals surface area (Å²) >= 11 is 5.52. The van der Waals surface area contributed by atoms with Gasteiger partial charge in [0.05, 0.1) is 11.5 Å². The summed E-state index contributed by atoms with van der Waals surface area (Å²) in [6, 6.07) is 0. The fourth-order valence-electron chi connectivity index (χ4n) is 1.18. The molecule has 1 atom stereocenters. The summed E-state index contributed by atoms with van der Waals surface area (Å²) < 4.78 is 5.39. The molecule has 0 heterocycles. The van der Waals surface area contributed by atoms with Crippen LogP contribution in [0.1, 0.15) is 33.6 Å². The van der Waals surface area contributed by atoms with Gasteiger partial charge in [-0.25, -0.2) is 9.79 Å². The molecule has 5 heteroatoms. The Morgan fingerprint density at radius 2 is 2.22 bits per heavy atom. The van der Waals surface area contributed by atoms with E-state index in [2.05, 4.69) is 16.8 Å². The first-order valence-corrected chi connectivity index (χ1v) is 6.27. The molecule has 1 unspecified atom stereocenters. The Hall–Kier alpha value is -1.47. The van der Waals surface area contributed by atoms with Crippen molar-refractivity contribution >= 4 is 23.8 Å². The van der Waals surface area contributed by atoms with Gasteiger partial charge in [0, 0.05) is 6.21 Å². The highest BCUT2D eigenvalue weighted by Crippen LogP contribution is 2.15. The van der Waals surface area contributed by atoms with Crippen molar-refractivity contribution in [1.29, 1.82) is 0 Å². The van der Waals surface area contributed by atoms with Gasteiger partial charge >= 0.3 is 5.97 Å². The van der Waals surface area contributed by atoms with E-state index in [-0.39, 0.29) is 11.8 Å². The Morgan fingerprint density at radius 1 is 1.56 bits per heavy atom. The molecule has 4 nitrogen and oxygen atoms in total. The lowest BCUT2D eigenvalue weighted by molar-refractivity contribution is -0.148. The molecule has 100 valence electrons. The summed E-state index contributed by atoms with van der Waals surface area (Å²) in [5, 5.41) is 8.97. The number of aliphatic imine (C=N–C) groups is 1. The molecular formula is C13H18ClNO3. The average molecular weight is 272 g/mol. The predicted octanol–water partition coefficient (Wildman–Crippen LogP) is 2.82. The average Bonchev–Trinajstić information content (AvgIpc) is 2.36. The van der Waals surface area contributed by atoms with Gasteiger partial charge in [-0.15, -0.1) is 17.5 Å². The van der Waals surface area contributed by atoms with Crippen molar-refractivity contribution in [3.05, 3.63) is 11.5 Å². The number of carbonyl (C=O) groups is 1. The first-order chi connectivity index (χ1) is 8.60. The van der Waals surface area contributed by atoms with E-state index in [0.29, 0.717) is 18.4 Å². The molecule has 0 saturated heterocycles. The molecule has 0 aliphatic rings. The normalized spacial score (nSPS) is 13.6. The zero-order valence-electron chi connectivity index (χ0n) is 10.9. The van der Waals surface area contributed by atoms with E-state index in [1.807, 2.05) is 6.92 Å². The van der Waals surface area contributed by atoms with E-state index in [9.17, 15) is 4.79 Å². The van der Waals surface area contributed by atoms with Crippen LogP contribution in [0.3, 0.4) is 0 Å². The topological polar surface area (TPSA) is 58.9 Å². The lowest BCUT2D eigenvalue weighted by atomic mass is 10.2. The number of carboxylic acid groups (broad SMARTS) is 1. The van der Waals surface area contributed by atoms with Gasteiger partial charge in [-0.05, 0) is 19.8 Å². The van der Waals surface area contributed by atoms with E-state index in [1.165, 1.54) is 6.21 Å². The van der Waals surface area contributed by atoms with Gasteiger partial charge in [-0.1, -0.05) is 19.8 Å². The molecule has 0 aromatic carbocycles. The Morgan fingerprint density at radius 3 is 2.61 bits per heavy atom. The molecule has 0 saturated carbocycles. The smallest absolute Gasteiger partial charge is 0.344 e. The van der Waals surface area contributed by atoms with Crippen molar-refractivity contribution in [1.82, 2.24) is 0 Å². The molecule has 0 radical (unpaired) electrons. The molecule has 0 amide bonds. The van der Waals surface area contributed by atoms with Crippen LogP contribution in [0.4, 0.5) is 0 Å². The highest BCUT2D eigenvalue weighted by Gasteiger charge is 2.19. The van der Waals surface area contributed by atoms with Crippen LogP contribution in [0, 0.1) is 11.8 Å². The minimum absolute atomic E-state index is 0.229. The highest BCUT2D eigenvalue weighted by atomic mass is 35.5. The van der Waals surface area contributed by atoms with E-state index < -0.39 is 12.1 Å². The van der Waals surface area contributed by atoms with Gasteiger partial charge in [-0.2, -0.15) is 0 Å². The van der Waals surface area contributed by atoms with Crippen molar-refractivity contribution < 1.29 is 14.6 Å². The molecule has 1 N–H and O–H groups in total. The van der Waals surface area contributed by atoms with Gasteiger partial charge in [0.15, 0.2) is 6.10 Å². The maximum Gasteiger partial charge on any atom is 0.344 e. The first kappa shape index (κ1) is 16.5. The molecule has 0 spiro atoms. The third-order valence-electron chi connectivity index (χ3n) is 2.07. The fraction of sp³-hybridized carbons (Fsp3) is 0.538. The molecule has 0 aliphatic carbocycles. The third kappa shape index (κ3) is 5.74. The summed E-state index contributed by atoms with van der Waals surface area (Å²) in [4.78, 5) is 15.0. The van der Waals surface area contributed by atoms with Gasteiger partial charge in [-0.3, -0.25) is 0 Å². The summed E-state index contributed by atoms with van der Waals surface area (Å²) in [5.41, 5.74) is 0.665. The summed E-state index contributed by atoms with van der Waals surface area (Å²) in [6.07, 6.45) is 1.50. The lowest BCUT2D eigenvalue weighted by Crippen LogP contribution is -2.22. The van der Waals surface area contributed by atoms with Gasteiger partial charge in [0.2, 0.25) is 5.88 Å². The van der Waals surface area contributed by atoms with E-state index >= 15 is 0 Å². The van der Waals surface area contributed by atoms with Crippen molar-refractivity contribution in [3.8, 4) is 11.8 Å². The Bertz CT molecular complexity index is 391. The van der Waals surface area contributed by atoms with Crippen molar-refractivity contribution in [2.75, 3.05) is 5.88 Å². The maximum absolute atomic E-state index is 10.9. The number of nitrogens with zero attached hydrogens (tertiary/aromatic N) is 1. The number of hydrogen-bond donors (Lipinski definition) is 1. The van der Waals surface area contributed by atoms with Gasteiger partial charge in [0.1, 0.15) is 0 Å². The van der Waals surface area contributed by atoms with Crippen molar-refractivity contribution in [2.24, 2.45) is 4.99 Å².